The zero-order chi connectivity index (χ0) is 18.7. The van der Waals surface area contributed by atoms with E-state index in [-0.39, 0.29) is 11.2 Å². The molecule has 3 rings (SSSR count). The van der Waals surface area contributed by atoms with Crippen LogP contribution in [0.1, 0.15) is 27.2 Å². The van der Waals surface area contributed by atoms with Gasteiger partial charge in [-0.3, -0.25) is 10.2 Å². The molecule has 0 spiro atoms. The topological polar surface area (TPSA) is 96.8 Å². The first-order valence-electron chi connectivity index (χ1n) is 8.58. The van der Waals surface area contributed by atoms with E-state index in [2.05, 4.69) is 22.4 Å². The van der Waals surface area contributed by atoms with Crippen LogP contribution in [0, 0.1) is 19.3 Å². The number of hydrogen-bond acceptors (Lipinski definition) is 4. The first kappa shape index (κ1) is 17.8. The van der Waals surface area contributed by atoms with E-state index in [1.54, 1.807) is 4.57 Å². The molecule has 1 aromatic heterocycles. The second-order valence-corrected chi connectivity index (χ2v) is 6.41. The van der Waals surface area contributed by atoms with E-state index in [0.29, 0.717) is 18.6 Å². The number of aromatic nitrogens is 2. The molecule has 0 fully saturated rings. The lowest BCUT2D eigenvalue weighted by Crippen LogP contribution is -2.34. The number of benzene rings is 2. The Morgan fingerprint density at radius 3 is 2.58 bits per heavy atom. The third kappa shape index (κ3) is 3.65. The molecule has 1 amide bonds. The number of nitrogens with one attached hydrogen (secondary N) is 2. The van der Waals surface area contributed by atoms with Gasteiger partial charge in [-0.05, 0) is 42.7 Å². The average molecular weight is 349 g/mol. The van der Waals surface area contributed by atoms with Gasteiger partial charge in [0.15, 0.2) is 11.2 Å². The maximum absolute atomic E-state index is 11.7. The van der Waals surface area contributed by atoms with E-state index in [9.17, 15) is 4.79 Å². The van der Waals surface area contributed by atoms with E-state index in [1.165, 1.54) is 5.56 Å². The van der Waals surface area contributed by atoms with Crippen LogP contribution < -0.4 is 16.5 Å². The van der Waals surface area contributed by atoms with E-state index >= 15 is 0 Å². The Bertz CT molecular complexity index is 1010. The van der Waals surface area contributed by atoms with Crippen molar-refractivity contribution in [2.75, 3.05) is 6.54 Å². The molecule has 3 aromatic rings. The molecule has 0 unspecified atom stereocenters. The Morgan fingerprint density at radius 2 is 1.88 bits per heavy atom. The largest absolute Gasteiger partial charge is 0.364 e. The zero-order valence-corrected chi connectivity index (χ0v) is 15.0. The molecule has 134 valence electrons. The molecule has 6 nitrogen and oxygen atoms in total. The highest BCUT2D eigenvalue weighted by Gasteiger charge is 2.13. The van der Waals surface area contributed by atoms with Crippen molar-refractivity contribution in [2.45, 2.75) is 26.9 Å². The second-order valence-electron chi connectivity index (χ2n) is 6.41. The second kappa shape index (κ2) is 7.49. The summed E-state index contributed by atoms with van der Waals surface area (Å²) in [5.74, 6) is -0.680. The van der Waals surface area contributed by atoms with E-state index in [4.69, 9.17) is 11.1 Å². The first-order chi connectivity index (χ1) is 12.5. The fourth-order valence-corrected chi connectivity index (χ4v) is 2.94. The van der Waals surface area contributed by atoms with Crippen molar-refractivity contribution in [2.24, 2.45) is 5.73 Å². The lowest BCUT2D eigenvalue weighted by atomic mass is 10.1. The summed E-state index contributed by atoms with van der Waals surface area (Å²) in [5.41, 5.74) is 10.4. The summed E-state index contributed by atoms with van der Waals surface area (Å²) in [7, 11) is 0. The number of carbonyl (C=O) groups is 1. The number of aryl methyl sites for hydroxylation is 2. The summed E-state index contributed by atoms with van der Waals surface area (Å²) in [6, 6.07) is 14.1. The quantitative estimate of drug-likeness (QED) is 0.594. The minimum atomic E-state index is -0.680. The number of fused-ring (bicyclic) bond motifs is 1. The fourth-order valence-electron chi connectivity index (χ4n) is 2.94. The van der Waals surface area contributed by atoms with Gasteiger partial charge < -0.3 is 15.6 Å². The molecule has 26 heavy (non-hydrogen) atoms. The summed E-state index contributed by atoms with van der Waals surface area (Å²) in [6.45, 7) is 5.99. The molecule has 0 radical (unpaired) electrons. The van der Waals surface area contributed by atoms with Gasteiger partial charge in [-0.1, -0.05) is 30.3 Å². The maximum Gasteiger partial charge on any atom is 0.271 e. The molecule has 0 saturated heterocycles. The molecule has 0 saturated carbocycles. The number of hydrogen-bond donors (Lipinski definition) is 3. The summed E-state index contributed by atoms with van der Waals surface area (Å²) >= 11 is 0. The number of primary amides is 1. The Labute approximate surface area is 152 Å². The van der Waals surface area contributed by atoms with Crippen LogP contribution in [0.2, 0.25) is 0 Å². The van der Waals surface area contributed by atoms with Gasteiger partial charge in [0.1, 0.15) is 0 Å². The Morgan fingerprint density at radius 1 is 1.19 bits per heavy atom. The first-order valence-corrected chi connectivity index (χ1v) is 8.58. The average Bonchev–Trinajstić information content (AvgIpc) is 2.62. The van der Waals surface area contributed by atoms with Gasteiger partial charge in [-0.15, -0.1) is 0 Å². The molecule has 4 N–H and O–H groups in total. The van der Waals surface area contributed by atoms with Gasteiger partial charge >= 0.3 is 0 Å². The minimum Gasteiger partial charge on any atom is -0.364 e. The van der Waals surface area contributed by atoms with Crippen molar-refractivity contribution < 1.29 is 4.79 Å². The van der Waals surface area contributed by atoms with Crippen LogP contribution in [0.25, 0.3) is 11.0 Å². The fraction of sp³-hybridized carbons (Fsp3) is 0.250. The molecule has 2 aromatic carbocycles. The number of amides is 1. The number of carbonyl (C=O) groups excluding carboxylic acids is 1. The predicted molar refractivity (Wildman–Crippen MR) is 102 cm³/mol. The zero-order valence-electron chi connectivity index (χ0n) is 15.0. The van der Waals surface area contributed by atoms with Crippen LogP contribution in [0.3, 0.4) is 0 Å². The van der Waals surface area contributed by atoms with Gasteiger partial charge in [0.05, 0.1) is 11.0 Å². The number of rotatable bonds is 6. The van der Waals surface area contributed by atoms with Crippen LogP contribution in [0.15, 0.2) is 42.5 Å². The van der Waals surface area contributed by atoms with Crippen molar-refractivity contribution in [3.8, 4) is 0 Å². The lowest BCUT2D eigenvalue weighted by molar-refractivity contribution is 0.0993. The monoisotopic (exact) mass is 349 g/mol. The summed E-state index contributed by atoms with van der Waals surface area (Å²) in [5, 5.41) is 11.7. The predicted octanol–water partition coefficient (Wildman–Crippen LogP) is 2.02. The standard InChI is InChI=1S/C20H23N5O/c1-13-10-16-17(11-14(13)2)25(19(21)18(24-16)20(22)26)9-8-23-12-15-6-4-3-5-7-15/h3-7,10-11,21,23H,8-9,12H2,1-2H3,(H2,22,26). The maximum atomic E-state index is 11.7. The summed E-state index contributed by atoms with van der Waals surface area (Å²) in [4.78, 5) is 16.0. The lowest BCUT2D eigenvalue weighted by Gasteiger charge is -2.15. The van der Waals surface area contributed by atoms with Gasteiger partial charge in [0.2, 0.25) is 0 Å². The number of nitrogens with two attached hydrogens (primary N) is 1. The minimum absolute atomic E-state index is 0.00353. The van der Waals surface area contributed by atoms with Gasteiger partial charge in [-0.25, -0.2) is 4.98 Å². The summed E-state index contributed by atoms with van der Waals surface area (Å²) in [6.07, 6.45) is 0. The van der Waals surface area contributed by atoms with Crippen molar-refractivity contribution in [3.63, 3.8) is 0 Å². The van der Waals surface area contributed by atoms with Crippen molar-refractivity contribution >= 4 is 16.9 Å². The molecule has 0 aliphatic carbocycles. The van der Waals surface area contributed by atoms with Crippen LogP contribution in [0.4, 0.5) is 0 Å². The summed E-state index contributed by atoms with van der Waals surface area (Å²) < 4.78 is 1.80. The molecule has 0 aliphatic rings. The smallest absolute Gasteiger partial charge is 0.271 e. The van der Waals surface area contributed by atoms with Gasteiger partial charge in [0.25, 0.3) is 5.91 Å². The molecule has 0 atom stereocenters. The Hall–Kier alpha value is -2.99. The molecular formula is C20H23N5O. The molecular weight excluding hydrogens is 326 g/mol. The molecule has 0 aliphatic heterocycles. The Balaban J connectivity index is 1.90. The normalized spacial score (nSPS) is 11.0. The number of nitrogens with zero attached hydrogens (tertiary/aromatic N) is 2. The van der Waals surface area contributed by atoms with E-state index in [0.717, 1.165) is 23.2 Å². The van der Waals surface area contributed by atoms with Crippen LogP contribution in [-0.4, -0.2) is 22.0 Å². The van der Waals surface area contributed by atoms with E-state index < -0.39 is 5.91 Å². The van der Waals surface area contributed by atoms with Crippen LogP contribution in [0.5, 0.6) is 0 Å². The highest BCUT2D eigenvalue weighted by molar-refractivity contribution is 5.92. The Kier molecular flexibility index (Phi) is 5.14. The van der Waals surface area contributed by atoms with Crippen molar-refractivity contribution in [3.05, 3.63) is 70.3 Å². The van der Waals surface area contributed by atoms with Crippen LogP contribution >= 0.6 is 0 Å². The third-order valence-electron chi connectivity index (χ3n) is 4.53. The highest BCUT2D eigenvalue weighted by atomic mass is 16.1. The molecule has 0 bridgehead atoms. The van der Waals surface area contributed by atoms with Crippen molar-refractivity contribution in [1.29, 1.82) is 5.41 Å². The van der Waals surface area contributed by atoms with Gasteiger partial charge in [-0.2, -0.15) is 0 Å². The van der Waals surface area contributed by atoms with Crippen LogP contribution in [-0.2, 0) is 13.1 Å². The highest BCUT2D eigenvalue weighted by Crippen LogP contribution is 2.17. The van der Waals surface area contributed by atoms with Gasteiger partial charge in [0, 0.05) is 19.6 Å². The molecule has 6 heteroatoms. The molecule has 1 heterocycles. The van der Waals surface area contributed by atoms with E-state index in [1.807, 2.05) is 44.2 Å². The third-order valence-corrected chi connectivity index (χ3v) is 4.53. The SMILES string of the molecule is Cc1cc2nc(C(N)=O)c(=N)n(CCNCc3ccccc3)c2cc1C. The van der Waals surface area contributed by atoms with Crippen molar-refractivity contribution in [1.82, 2.24) is 14.9 Å².